The molecule has 4 heterocycles. The van der Waals surface area contributed by atoms with Gasteiger partial charge in [-0.3, -0.25) is 4.98 Å². The van der Waals surface area contributed by atoms with Crippen LogP contribution in [0, 0.1) is 5.82 Å². The van der Waals surface area contributed by atoms with E-state index in [9.17, 15) is 4.39 Å². The fourth-order valence-corrected chi connectivity index (χ4v) is 3.30. The number of anilines is 3. The molecule has 28 heavy (non-hydrogen) atoms. The number of hydrogen-bond donors (Lipinski definition) is 2. The van der Waals surface area contributed by atoms with Crippen LogP contribution in [0.4, 0.5) is 21.6 Å². The number of hydrogen-bond acceptors (Lipinski definition) is 5. The first-order valence-electron chi connectivity index (χ1n) is 8.43. The summed E-state index contributed by atoms with van der Waals surface area (Å²) in [6, 6.07) is 11.9. The van der Waals surface area contributed by atoms with E-state index in [-0.39, 0.29) is 10.9 Å². The molecule has 0 bridgehead atoms. The molecule has 138 valence electrons. The second-order valence-corrected chi connectivity index (χ2v) is 6.63. The summed E-state index contributed by atoms with van der Waals surface area (Å²) >= 11 is 5.87. The van der Waals surface area contributed by atoms with Crippen LogP contribution in [-0.2, 0) is 0 Å². The average molecular weight is 394 g/mol. The second kappa shape index (κ2) is 6.24. The summed E-state index contributed by atoms with van der Waals surface area (Å²) in [5, 5.41) is 3.90. The number of rotatable bonds is 3. The molecule has 1 aromatic carbocycles. The molecule has 8 heteroatoms. The van der Waals surface area contributed by atoms with Crippen molar-refractivity contribution in [1.29, 1.82) is 0 Å². The lowest BCUT2D eigenvalue weighted by molar-refractivity contribution is 0.628. The predicted molar refractivity (Wildman–Crippen MR) is 107 cm³/mol. The lowest BCUT2D eigenvalue weighted by atomic mass is 10.2. The fraction of sp³-hybridized carbons (Fsp3) is 0. The molecule has 0 atom stereocenters. The Balaban J connectivity index is 1.63. The minimum atomic E-state index is -0.490. The summed E-state index contributed by atoms with van der Waals surface area (Å²) in [6.07, 6.45) is 5.45. The molecule has 0 saturated heterocycles. The van der Waals surface area contributed by atoms with Gasteiger partial charge in [0, 0.05) is 24.3 Å². The number of nitrogen functional groups attached to an aromatic ring is 1. The van der Waals surface area contributed by atoms with Crippen molar-refractivity contribution >= 4 is 45.5 Å². The van der Waals surface area contributed by atoms with Crippen molar-refractivity contribution in [3.05, 3.63) is 71.9 Å². The second-order valence-electron chi connectivity index (χ2n) is 6.22. The van der Waals surface area contributed by atoms with Gasteiger partial charge in [0.1, 0.15) is 28.5 Å². The molecule has 0 spiro atoms. The average Bonchev–Trinajstić information content (AvgIpc) is 3.26. The molecule has 0 aliphatic carbocycles. The number of fused-ring (bicyclic) bond motifs is 2. The van der Waals surface area contributed by atoms with Gasteiger partial charge in [-0.25, -0.2) is 9.37 Å². The Morgan fingerprint density at radius 3 is 2.89 bits per heavy atom. The van der Waals surface area contributed by atoms with Gasteiger partial charge in [-0.1, -0.05) is 17.7 Å². The zero-order valence-corrected chi connectivity index (χ0v) is 15.1. The van der Waals surface area contributed by atoms with Crippen molar-refractivity contribution in [2.45, 2.75) is 0 Å². The molecule has 6 nitrogen and oxygen atoms in total. The van der Waals surface area contributed by atoms with Crippen LogP contribution in [0.25, 0.3) is 28.0 Å². The maximum atomic E-state index is 13.4. The molecule has 4 aromatic heterocycles. The highest BCUT2D eigenvalue weighted by Gasteiger charge is 2.19. The molecule has 0 fully saturated rings. The van der Waals surface area contributed by atoms with Gasteiger partial charge in [-0.2, -0.15) is 0 Å². The predicted octanol–water partition coefficient (Wildman–Crippen LogP) is 5.26. The number of aromatic nitrogens is 3. The number of imidazole rings is 1. The van der Waals surface area contributed by atoms with E-state index in [0.29, 0.717) is 28.3 Å². The molecule has 5 aromatic rings. The highest BCUT2D eigenvalue weighted by Crippen LogP contribution is 2.39. The number of benzene rings is 1. The normalized spacial score (nSPS) is 11.4. The van der Waals surface area contributed by atoms with E-state index in [0.717, 1.165) is 11.0 Å². The van der Waals surface area contributed by atoms with Crippen molar-refractivity contribution in [3.63, 3.8) is 0 Å². The first kappa shape index (κ1) is 16.6. The number of nitrogens with zero attached hydrogens (tertiary/aromatic N) is 3. The maximum Gasteiger partial charge on any atom is 0.215 e. The highest BCUT2D eigenvalue weighted by molar-refractivity contribution is 6.31. The summed E-state index contributed by atoms with van der Waals surface area (Å²) in [5.74, 6) is -0.302. The SMILES string of the molecule is Nc1oc2c(-c3cn4ccccc4n3)nccc2c1Nc1ccc(F)c(Cl)c1. The summed E-state index contributed by atoms with van der Waals surface area (Å²) in [4.78, 5) is 9.03. The van der Waals surface area contributed by atoms with Crippen LogP contribution in [0.2, 0.25) is 5.02 Å². The van der Waals surface area contributed by atoms with E-state index in [1.807, 2.05) is 35.0 Å². The number of pyridine rings is 2. The molecule has 3 N–H and O–H groups in total. The summed E-state index contributed by atoms with van der Waals surface area (Å²) in [5.41, 5.74) is 9.82. The molecule has 0 aliphatic heterocycles. The van der Waals surface area contributed by atoms with E-state index in [1.54, 1.807) is 18.3 Å². The van der Waals surface area contributed by atoms with Gasteiger partial charge in [0.25, 0.3) is 0 Å². The first-order chi connectivity index (χ1) is 13.6. The minimum Gasteiger partial charge on any atom is -0.436 e. The van der Waals surface area contributed by atoms with Crippen LogP contribution in [0.1, 0.15) is 0 Å². The Hall–Kier alpha value is -3.58. The standard InChI is InChI=1S/C20H13ClFN5O/c21-13-9-11(4-5-14(13)22)25-17-12-6-7-24-18(19(12)28-20(17)23)15-10-27-8-2-1-3-16(27)26-15/h1-10,25H,23H2. The van der Waals surface area contributed by atoms with E-state index in [2.05, 4.69) is 15.3 Å². The van der Waals surface area contributed by atoms with Crippen molar-refractivity contribution in [2.24, 2.45) is 0 Å². The lowest BCUT2D eigenvalue weighted by Gasteiger charge is -2.06. The van der Waals surface area contributed by atoms with Gasteiger partial charge < -0.3 is 19.9 Å². The number of halogens is 2. The van der Waals surface area contributed by atoms with Crippen molar-refractivity contribution in [1.82, 2.24) is 14.4 Å². The largest absolute Gasteiger partial charge is 0.436 e. The molecule has 0 unspecified atom stereocenters. The molecule has 0 saturated carbocycles. The Morgan fingerprint density at radius 2 is 2.07 bits per heavy atom. The van der Waals surface area contributed by atoms with Crippen molar-refractivity contribution in [2.75, 3.05) is 11.1 Å². The first-order valence-corrected chi connectivity index (χ1v) is 8.81. The highest BCUT2D eigenvalue weighted by atomic mass is 35.5. The van der Waals surface area contributed by atoms with Crippen molar-refractivity contribution in [3.8, 4) is 11.4 Å². The van der Waals surface area contributed by atoms with Crippen LogP contribution in [0.5, 0.6) is 0 Å². The Labute approximate surface area is 163 Å². The van der Waals surface area contributed by atoms with Gasteiger partial charge in [-0.15, -0.1) is 0 Å². The van der Waals surface area contributed by atoms with Gasteiger partial charge in [-0.05, 0) is 36.4 Å². The summed E-state index contributed by atoms with van der Waals surface area (Å²) in [6.45, 7) is 0. The van der Waals surface area contributed by atoms with Gasteiger partial charge in [0.15, 0.2) is 5.58 Å². The van der Waals surface area contributed by atoms with E-state index >= 15 is 0 Å². The molecule has 5 rings (SSSR count). The third-order valence-corrected chi connectivity index (χ3v) is 4.72. The molecule has 0 radical (unpaired) electrons. The van der Waals surface area contributed by atoms with Gasteiger partial charge in [0.2, 0.25) is 5.88 Å². The van der Waals surface area contributed by atoms with E-state index in [4.69, 9.17) is 21.8 Å². The lowest BCUT2D eigenvalue weighted by Crippen LogP contribution is -1.94. The van der Waals surface area contributed by atoms with Crippen molar-refractivity contribution < 1.29 is 8.81 Å². The smallest absolute Gasteiger partial charge is 0.215 e. The van der Waals surface area contributed by atoms with Gasteiger partial charge >= 0.3 is 0 Å². The number of nitrogens with one attached hydrogen (secondary N) is 1. The molecule has 0 aliphatic rings. The van der Waals surface area contributed by atoms with Crippen LogP contribution < -0.4 is 11.1 Å². The fourth-order valence-electron chi connectivity index (χ4n) is 3.12. The summed E-state index contributed by atoms with van der Waals surface area (Å²) in [7, 11) is 0. The Kier molecular flexibility index (Phi) is 3.70. The molecule has 0 amide bonds. The molecular weight excluding hydrogens is 381 g/mol. The molecular formula is C20H13ClFN5O. The maximum absolute atomic E-state index is 13.4. The van der Waals surface area contributed by atoms with Crippen LogP contribution in [0.3, 0.4) is 0 Å². The number of furan rings is 1. The van der Waals surface area contributed by atoms with Crippen LogP contribution >= 0.6 is 11.6 Å². The zero-order valence-electron chi connectivity index (χ0n) is 14.4. The number of nitrogens with two attached hydrogens (primary N) is 1. The van der Waals surface area contributed by atoms with E-state index in [1.165, 1.54) is 12.1 Å². The van der Waals surface area contributed by atoms with E-state index < -0.39 is 5.82 Å². The van der Waals surface area contributed by atoms with Crippen LogP contribution in [-0.4, -0.2) is 14.4 Å². The van der Waals surface area contributed by atoms with Gasteiger partial charge in [0.05, 0.1) is 10.4 Å². The topological polar surface area (TPSA) is 81.4 Å². The Bertz CT molecular complexity index is 1310. The monoisotopic (exact) mass is 393 g/mol. The third kappa shape index (κ3) is 2.64. The Morgan fingerprint density at radius 1 is 1.18 bits per heavy atom. The summed E-state index contributed by atoms with van der Waals surface area (Å²) < 4.78 is 21.1. The third-order valence-electron chi connectivity index (χ3n) is 4.43. The zero-order chi connectivity index (χ0) is 19.3. The quantitative estimate of drug-likeness (QED) is 0.437. The minimum absolute atomic E-state index is 0.0171. The van der Waals surface area contributed by atoms with Crippen LogP contribution in [0.15, 0.2) is 65.5 Å².